The first kappa shape index (κ1) is 41.9. The second-order valence-corrected chi connectivity index (χ2v) is 17.1. The maximum Gasteiger partial charge on any atom is 0.289 e. The van der Waals surface area contributed by atoms with E-state index in [1.54, 1.807) is 31.2 Å². The quantitative estimate of drug-likeness (QED) is 0.151. The number of imide groups is 1. The number of hydrogen-bond donors (Lipinski definition) is 1. The SMILES string of the molecule is CN(C)C(=O)c1cc2cc(C3=CCCN(C(=O)CCn4ccnn4)C3)cc(CCCCC(=O)N3CCC(N4CCN(c5ccc(C6CCC(=O)NC6=O)cc5)CC4)CC3)c2o1. The molecular weight excluding hydrogens is 775 g/mol. The fraction of sp³-hybridized carbons (Fsp3) is 0.500. The van der Waals surface area contributed by atoms with Gasteiger partial charge in [0.25, 0.3) is 5.91 Å². The molecule has 0 spiro atoms. The fourth-order valence-corrected chi connectivity index (χ4v) is 9.31. The summed E-state index contributed by atoms with van der Waals surface area (Å²) in [7, 11) is 3.42. The molecule has 1 unspecified atom stereocenters. The van der Waals surface area contributed by atoms with Crippen LogP contribution in [0.3, 0.4) is 0 Å². The maximum absolute atomic E-state index is 13.4. The summed E-state index contributed by atoms with van der Waals surface area (Å²) in [5, 5.41) is 11.1. The molecule has 4 aliphatic heterocycles. The third kappa shape index (κ3) is 9.88. The monoisotopic (exact) mass is 831 g/mol. The number of fused-ring (bicyclic) bond motifs is 1. The molecule has 0 radical (unpaired) electrons. The van der Waals surface area contributed by atoms with Crippen LogP contribution in [0.2, 0.25) is 0 Å². The van der Waals surface area contributed by atoms with Gasteiger partial charge in [0.15, 0.2) is 5.76 Å². The Kier molecular flexibility index (Phi) is 12.9. The molecule has 6 heterocycles. The van der Waals surface area contributed by atoms with Crippen LogP contribution in [0.15, 0.2) is 65.4 Å². The van der Waals surface area contributed by atoms with E-state index < -0.39 is 0 Å². The molecule has 3 fully saturated rings. The van der Waals surface area contributed by atoms with Gasteiger partial charge < -0.3 is 24.0 Å². The summed E-state index contributed by atoms with van der Waals surface area (Å²) in [6.45, 7) is 7.01. The van der Waals surface area contributed by atoms with Crippen LogP contribution in [0.25, 0.3) is 16.5 Å². The zero-order valence-electron chi connectivity index (χ0n) is 35.4. The molecule has 1 atom stereocenters. The van der Waals surface area contributed by atoms with Gasteiger partial charge in [0.2, 0.25) is 23.6 Å². The lowest BCUT2D eigenvalue weighted by Crippen LogP contribution is -2.53. The van der Waals surface area contributed by atoms with Gasteiger partial charge in [0.05, 0.1) is 18.7 Å². The molecule has 0 bridgehead atoms. The molecule has 15 nitrogen and oxygen atoms in total. The molecule has 4 aromatic rings. The lowest BCUT2D eigenvalue weighted by Gasteiger charge is -2.43. The highest BCUT2D eigenvalue weighted by atomic mass is 16.3. The highest BCUT2D eigenvalue weighted by Crippen LogP contribution is 2.32. The van der Waals surface area contributed by atoms with Crippen molar-refractivity contribution in [3.63, 3.8) is 0 Å². The van der Waals surface area contributed by atoms with E-state index in [0.717, 1.165) is 105 Å². The normalized spacial score (nSPS) is 19.3. The average Bonchev–Trinajstić information content (AvgIpc) is 3.98. The van der Waals surface area contributed by atoms with Crippen LogP contribution in [-0.2, 0) is 32.1 Å². The Morgan fingerprint density at radius 3 is 2.36 bits per heavy atom. The topological polar surface area (TPSA) is 157 Å². The summed E-state index contributed by atoms with van der Waals surface area (Å²) in [6.07, 6.45) is 12.3. The van der Waals surface area contributed by atoms with E-state index in [2.05, 4.69) is 55.8 Å². The first-order valence-corrected chi connectivity index (χ1v) is 21.9. The lowest BCUT2D eigenvalue weighted by atomic mass is 9.90. The molecular formula is C46H57N9O6. The largest absolute Gasteiger partial charge is 0.451 e. The van der Waals surface area contributed by atoms with E-state index in [4.69, 9.17) is 4.42 Å². The second-order valence-electron chi connectivity index (χ2n) is 17.1. The van der Waals surface area contributed by atoms with E-state index in [-0.39, 0.29) is 35.5 Å². The number of unbranched alkanes of at least 4 members (excludes halogenated alkanes) is 1. The van der Waals surface area contributed by atoms with Crippen molar-refractivity contribution >= 4 is 51.8 Å². The van der Waals surface area contributed by atoms with Gasteiger partial charge in [-0.3, -0.25) is 38.9 Å². The summed E-state index contributed by atoms with van der Waals surface area (Å²) in [6, 6.07) is 14.7. The number of furan rings is 1. The van der Waals surface area contributed by atoms with Crippen molar-refractivity contribution in [2.24, 2.45) is 0 Å². The van der Waals surface area contributed by atoms with Gasteiger partial charge in [-0.1, -0.05) is 23.4 Å². The minimum absolute atomic E-state index is 0.0749. The van der Waals surface area contributed by atoms with Crippen LogP contribution in [-0.4, -0.2) is 137 Å². The molecule has 2 aromatic heterocycles. The van der Waals surface area contributed by atoms with Crippen molar-refractivity contribution in [1.29, 1.82) is 0 Å². The van der Waals surface area contributed by atoms with Crippen molar-refractivity contribution in [2.45, 2.75) is 82.7 Å². The average molecular weight is 832 g/mol. The molecule has 0 saturated carbocycles. The van der Waals surface area contributed by atoms with Crippen LogP contribution < -0.4 is 10.2 Å². The smallest absolute Gasteiger partial charge is 0.289 e. The maximum atomic E-state index is 13.4. The molecule has 0 aliphatic carbocycles. The van der Waals surface area contributed by atoms with E-state index in [1.165, 1.54) is 4.90 Å². The molecule has 322 valence electrons. The number of rotatable bonds is 13. The molecule has 5 amide bonds. The fourth-order valence-electron chi connectivity index (χ4n) is 9.31. The molecule has 3 saturated heterocycles. The number of aryl methyl sites for hydroxylation is 2. The Labute approximate surface area is 356 Å². The van der Waals surface area contributed by atoms with Gasteiger partial charge in [-0.15, -0.1) is 5.10 Å². The Balaban J connectivity index is 0.810. The lowest BCUT2D eigenvalue weighted by molar-refractivity contribution is -0.135. The molecule has 8 rings (SSSR count). The van der Waals surface area contributed by atoms with Gasteiger partial charge in [-0.25, -0.2) is 0 Å². The Bertz CT molecular complexity index is 2250. The van der Waals surface area contributed by atoms with Crippen LogP contribution in [0.1, 0.15) is 91.0 Å². The van der Waals surface area contributed by atoms with Gasteiger partial charge >= 0.3 is 0 Å². The van der Waals surface area contributed by atoms with Crippen molar-refractivity contribution in [1.82, 2.24) is 39.9 Å². The first-order chi connectivity index (χ1) is 29.6. The van der Waals surface area contributed by atoms with E-state index in [9.17, 15) is 24.0 Å². The van der Waals surface area contributed by atoms with E-state index in [1.807, 2.05) is 28.0 Å². The minimum Gasteiger partial charge on any atom is -0.451 e. The number of piperidine rings is 2. The second kappa shape index (κ2) is 18.8. The minimum atomic E-state index is -0.269. The molecule has 61 heavy (non-hydrogen) atoms. The number of aromatic nitrogens is 3. The molecule has 4 aliphatic rings. The molecule has 1 N–H and O–H groups in total. The van der Waals surface area contributed by atoms with E-state index in [0.29, 0.717) is 69.1 Å². The first-order valence-electron chi connectivity index (χ1n) is 21.9. The number of nitrogens with zero attached hydrogens (tertiary/aromatic N) is 8. The standard InChI is InChI=1S/C46H57N9O6/c1-50(2)46(60)40-30-36-29-35(34-7-5-19-54(31-34)43(58)17-22-55-23-18-47-49-55)28-33(44(36)61-40)6-3-4-8-42(57)53-20-15-38(16-21-53)52-26-24-51(25-27-52)37-11-9-32(10-12-37)39-13-14-41(56)48-45(39)59/h7,9-12,18,23,28-30,38-39H,3-6,8,13-17,19-22,24-27,31H2,1-2H3,(H,48,56,59). The highest BCUT2D eigenvalue weighted by molar-refractivity contribution is 6.01. The molecule has 2 aromatic carbocycles. The van der Waals surface area contributed by atoms with Gasteiger partial charge in [0, 0.05) is 109 Å². The van der Waals surface area contributed by atoms with Gasteiger partial charge in [0.1, 0.15) is 5.58 Å². The summed E-state index contributed by atoms with van der Waals surface area (Å²) in [4.78, 5) is 73.8. The number of carbonyl (C=O) groups excluding carboxylic acids is 5. The Morgan fingerprint density at radius 1 is 0.869 bits per heavy atom. The van der Waals surface area contributed by atoms with Crippen molar-refractivity contribution < 1.29 is 28.4 Å². The number of piperazine rings is 1. The number of anilines is 1. The predicted octanol–water partition coefficient (Wildman–Crippen LogP) is 4.48. The predicted molar refractivity (Wildman–Crippen MR) is 231 cm³/mol. The summed E-state index contributed by atoms with van der Waals surface area (Å²) < 4.78 is 7.86. The number of benzene rings is 2. The number of amides is 5. The highest BCUT2D eigenvalue weighted by Gasteiger charge is 2.31. The zero-order valence-corrected chi connectivity index (χ0v) is 35.4. The number of hydrogen-bond acceptors (Lipinski definition) is 10. The van der Waals surface area contributed by atoms with Crippen LogP contribution in [0.5, 0.6) is 0 Å². The molecule has 15 heteroatoms. The number of nitrogens with one attached hydrogen (secondary N) is 1. The van der Waals surface area contributed by atoms with E-state index >= 15 is 0 Å². The van der Waals surface area contributed by atoms with Crippen LogP contribution in [0.4, 0.5) is 5.69 Å². The number of likely N-dealkylation sites (tertiary alicyclic amines) is 1. The van der Waals surface area contributed by atoms with Gasteiger partial charge in [-0.2, -0.15) is 0 Å². The summed E-state index contributed by atoms with van der Waals surface area (Å²) in [5.41, 5.74) is 5.89. The van der Waals surface area contributed by atoms with Crippen molar-refractivity contribution in [3.05, 3.63) is 83.4 Å². The Hall–Kier alpha value is -5.83. The van der Waals surface area contributed by atoms with Crippen LogP contribution >= 0.6 is 0 Å². The third-order valence-corrected chi connectivity index (χ3v) is 12.8. The number of carbonyl (C=O) groups is 5. The van der Waals surface area contributed by atoms with Crippen molar-refractivity contribution in [3.8, 4) is 0 Å². The zero-order chi connectivity index (χ0) is 42.5. The van der Waals surface area contributed by atoms with Gasteiger partial charge in [-0.05, 0) is 97.5 Å². The third-order valence-electron chi connectivity index (χ3n) is 12.8. The Morgan fingerprint density at radius 2 is 1.64 bits per heavy atom. The summed E-state index contributed by atoms with van der Waals surface area (Å²) in [5.74, 6) is -0.290. The van der Waals surface area contributed by atoms with Crippen molar-refractivity contribution in [2.75, 3.05) is 71.4 Å². The summed E-state index contributed by atoms with van der Waals surface area (Å²) >= 11 is 0. The van der Waals surface area contributed by atoms with Crippen LogP contribution in [0, 0.1) is 0 Å².